The van der Waals surface area contributed by atoms with Crippen LogP contribution in [0.2, 0.25) is 0 Å². The zero-order chi connectivity index (χ0) is 37.6. The van der Waals surface area contributed by atoms with Crippen LogP contribution in [0.25, 0.3) is 0 Å². The van der Waals surface area contributed by atoms with E-state index in [0.717, 1.165) is 97.2 Å². The molecule has 0 heterocycles. The van der Waals surface area contributed by atoms with Gasteiger partial charge in [-0.1, -0.05) is 115 Å². The van der Waals surface area contributed by atoms with Crippen LogP contribution >= 0.6 is 0 Å². The molecule has 0 aliphatic heterocycles. The van der Waals surface area contributed by atoms with Crippen molar-refractivity contribution in [2.45, 2.75) is 136 Å². The average Bonchev–Trinajstić information content (AvgIpc) is 2.96. The third-order valence-corrected chi connectivity index (χ3v) is 5.49. The van der Waals surface area contributed by atoms with Crippen molar-refractivity contribution in [2.24, 2.45) is 41.4 Å². The summed E-state index contributed by atoms with van der Waals surface area (Å²) in [5, 5.41) is 0. The number of hydrogen-bond acceptors (Lipinski definition) is 6. The molecule has 0 aromatic carbocycles. The number of allylic oxidation sites excluding steroid dienone is 1. The van der Waals surface area contributed by atoms with Gasteiger partial charge in [0.05, 0.1) is 45.7 Å². The highest BCUT2D eigenvalue weighted by molar-refractivity contribution is 4.99. The minimum absolute atomic E-state index is 0.318. The Bertz CT molecular complexity index is 623. The summed E-state index contributed by atoms with van der Waals surface area (Å²) in [7, 11) is 0. The van der Waals surface area contributed by atoms with Gasteiger partial charge in [-0.05, 0) is 68.1 Å². The minimum atomic E-state index is 0.318. The average molecular weight is 687 g/mol. The molecule has 0 radical (unpaired) electrons. The Hall–Kier alpha value is -0.940. The molecular formula is C42H86O6. The van der Waals surface area contributed by atoms with Gasteiger partial charge >= 0.3 is 0 Å². The summed E-state index contributed by atoms with van der Waals surface area (Å²) in [4.78, 5) is 0. The van der Waals surface area contributed by atoms with Crippen molar-refractivity contribution in [1.82, 2.24) is 0 Å². The molecule has 0 amide bonds. The van der Waals surface area contributed by atoms with Gasteiger partial charge in [-0.15, -0.1) is 5.92 Å². The summed E-state index contributed by atoms with van der Waals surface area (Å²) in [6, 6.07) is 0. The molecule has 0 aliphatic carbocycles. The fraction of sp³-hybridized carbons (Fsp3) is 0.905. The Kier molecular flexibility index (Phi) is 47.4. The molecule has 0 saturated heterocycles. The topological polar surface area (TPSA) is 55.4 Å². The first-order valence-corrected chi connectivity index (χ1v) is 19.1. The van der Waals surface area contributed by atoms with Crippen molar-refractivity contribution >= 4 is 0 Å². The lowest BCUT2D eigenvalue weighted by Gasteiger charge is -2.08. The quantitative estimate of drug-likeness (QED) is 0.0572. The molecular weight excluding hydrogens is 600 g/mol. The van der Waals surface area contributed by atoms with Gasteiger partial charge in [-0.2, -0.15) is 0 Å². The van der Waals surface area contributed by atoms with Gasteiger partial charge in [-0.25, -0.2) is 0 Å². The molecule has 48 heavy (non-hydrogen) atoms. The van der Waals surface area contributed by atoms with E-state index in [1.165, 1.54) is 0 Å². The normalized spacial score (nSPS) is 11.3. The van der Waals surface area contributed by atoms with Gasteiger partial charge in [0.2, 0.25) is 0 Å². The van der Waals surface area contributed by atoms with Crippen molar-refractivity contribution < 1.29 is 28.4 Å². The van der Waals surface area contributed by atoms with Gasteiger partial charge < -0.3 is 28.4 Å². The molecule has 0 atom stereocenters. The Morgan fingerprint density at radius 1 is 0.417 bits per heavy atom. The van der Waals surface area contributed by atoms with E-state index in [4.69, 9.17) is 28.4 Å². The maximum Gasteiger partial charge on any atom is 0.107 e. The van der Waals surface area contributed by atoms with Crippen LogP contribution in [-0.2, 0) is 28.4 Å². The molecule has 0 rings (SSSR count). The van der Waals surface area contributed by atoms with Crippen molar-refractivity contribution in [1.29, 1.82) is 0 Å². The summed E-state index contributed by atoms with van der Waals surface area (Å²) in [6.45, 7) is 42.9. The summed E-state index contributed by atoms with van der Waals surface area (Å²) in [5.41, 5.74) is 0. The van der Waals surface area contributed by atoms with Crippen LogP contribution in [0.1, 0.15) is 130 Å². The van der Waals surface area contributed by atoms with E-state index in [1.54, 1.807) is 0 Å². The van der Waals surface area contributed by atoms with Crippen LogP contribution < -0.4 is 0 Å². The highest BCUT2D eigenvalue weighted by Crippen LogP contribution is 2.01. The summed E-state index contributed by atoms with van der Waals surface area (Å²) in [6.07, 6.45) is 7.91. The minimum Gasteiger partial charge on any atom is -0.379 e. The Morgan fingerprint density at radius 2 is 0.896 bits per heavy atom. The SMILES string of the molecule is CC(C)C/C=C\COCC(C)C.CC(C)CC#CCOCC(C)C.CC(C)CCOCCOC(C)C.CC(C)COCCOCC(C)C. The number of rotatable bonds is 24. The second-order valence-corrected chi connectivity index (χ2v) is 15.5. The molecule has 0 aliphatic rings. The van der Waals surface area contributed by atoms with E-state index in [1.807, 2.05) is 13.8 Å². The highest BCUT2D eigenvalue weighted by Gasteiger charge is 1.97. The second-order valence-electron chi connectivity index (χ2n) is 15.5. The van der Waals surface area contributed by atoms with E-state index in [9.17, 15) is 0 Å². The third-order valence-electron chi connectivity index (χ3n) is 5.49. The molecule has 0 aromatic heterocycles. The van der Waals surface area contributed by atoms with Gasteiger partial charge in [0.1, 0.15) is 6.61 Å². The van der Waals surface area contributed by atoms with Gasteiger partial charge in [0.25, 0.3) is 0 Å². The summed E-state index contributed by atoms with van der Waals surface area (Å²) in [5.74, 6) is 10.7. The maximum atomic E-state index is 5.39. The molecule has 0 spiro atoms. The number of ether oxygens (including phenoxy) is 6. The molecule has 0 fully saturated rings. The number of hydrogen-bond donors (Lipinski definition) is 0. The molecule has 6 heteroatoms. The predicted octanol–water partition coefficient (Wildman–Crippen LogP) is 10.8. The fourth-order valence-corrected chi connectivity index (χ4v) is 3.00. The van der Waals surface area contributed by atoms with Crippen LogP contribution in [0, 0.1) is 53.3 Å². The van der Waals surface area contributed by atoms with Gasteiger partial charge in [0, 0.05) is 32.8 Å². The predicted molar refractivity (Wildman–Crippen MR) is 210 cm³/mol. The van der Waals surface area contributed by atoms with E-state index in [-0.39, 0.29) is 0 Å². The van der Waals surface area contributed by atoms with E-state index in [2.05, 4.69) is 121 Å². The Balaban J connectivity index is -0.000000269. The first kappa shape index (κ1) is 53.8. The van der Waals surface area contributed by atoms with E-state index < -0.39 is 0 Å². The van der Waals surface area contributed by atoms with Crippen molar-refractivity contribution in [3.8, 4) is 11.8 Å². The lowest BCUT2D eigenvalue weighted by atomic mass is 10.1. The molecule has 0 aromatic rings. The van der Waals surface area contributed by atoms with Crippen molar-refractivity contribution in [3.63, 3.8) is 0 Å². The summed E-state index contributed by atoms with van der Waals surface area (Å²) >= 11 is 0. The smallest absolute Gasteiger partial charge is 0.107 e. The van der Waals surface area contributed by atoms with Crippen LogP contribution in [0.15, 0.2) is 12.2 Å². The Morgan fingerprint density at radius 3 is 1.33 bits per heavy atom. The standard InChI is InChI=1S/C11H22O.C11H20O.2C10H22O2/c2*1-10(2)7-5-6-8-12-9-11(3)4;1-9(2)7-11-5-6-12-8-10(3)4;1-9(2)5-6-11-7-8-12-10(3)4/h5-6,10-11H,7-9H2,1-4H3;10-11H,7-9H2,1-4H3;2*9-10H,5-8H2,1-4H3/b6-5-;;;. The van der Waals surface area contributed by atoms with E-state index in [0.29, 0.717) is 42.3 Å². The third kappa shape index (κ3) is 71.2. The summed E-state index contributed by atoms with van der Waals surface area (Å²) < 4.78 is 32.1. The van der Waals surface area contributed by atoms with Crippen molar-refractivity contribution in [2.75, 3.05) is 72.7 Å². The highest BCUT2D eigenvalue weighted by atomic mass is 16.5. The maximum absolute atomic E-state index is 5.39. The first-order chi connectivity index (χ1) is 22.5. The molecule has 290 valence electrons. The van der Waals surface area contributed by atoms with Crippen molar-refractivity contribution in [3.05, 3.63) is 12.2 Å². The van der Waals surface area contributed by atoms with E-state index >= 15 is 0 Å². The largest absolute Gasteiger partial charge is 0.379 e. The van der Waals surface area contributed by atoms with Crippen LogP contribution in [-0.4, -0.2) is 78.8 Å². The lowest BCUT2D eigenvalue weighted by Crippen LogP contribution is -2.10. The van der Waals surface area contributed by atoms with Crippen LogP contribution in [0.5, 0.6) is 0 Å². The molecule has 0 bridgehead atoms. The monoisotopic (exact) mass is 687 g/mol. The fourth-order valence-electron chi connectivity index (χ4n) is 3.00. The lowest BCUT2D eigenvalue weighted by molar-refractivity contribution is 0.0171. The van der Waals surface area contributed by atoms with Crippen LogP contribution in [0.4, 0.5) is 0 Å². The zero-order valence-electron chi connectivity index (χ0n) is 35.1. The molecule has 0 unspecified atom stereocenters. The molecule has 6 nitrogen and oxygen atoms in total. The first-order valence-electron chi connectivity index (χ1n) is 19.1. The van der Waals surface area contributed by atoms with Gasteiger partial charge in [-0.3, -0.25) is 0 Å². The zero-order valence-corrected chi connectivity index (χ0v) is 35.1. The van der Waals surface area contributed by atoms with Crippen LogP contribution in [0.3, 0.4) is 0 Å². The van der Waals surface area contributed by atoms with Gasteiger partial charge in [0.15, 0.2) is 0 Å². The Labute approximate surface area is 302 Å². The molecule has 0 N–H and O–H groups in total. The second kappa shape index (κ2) is 42.2. The molecule has 0 saturated carbocycles.